The first-order valence-electron chi connectivity index (χ1n) is 3.70. The molecule has 0 saturated heterocycles. The standard InChI is InChI=1S/C8H11ClN2S/c1-7-11-6-8(12-7)5-10-4-2-3-9/h2-3,6,10H,4-5H2,1H3/b3-2+. The largest absolute Gasteiger partial charge is 0.308 e. The van der Waals surface area contributed by atoms with Crippen molar-refractivity contribution in [1.29, 1.82) is 0 Å². The molecule has 0 amide bonds. The van der Waals surface area contributed by atoms with Crippen LogP contribution >= 0.6 is 22.9 Å². The van der Waals surface area contributed by atoms with E-state index in [1.165, 1.54) is 10.4 Å². The highest BCUT2D eigenvalue weighted by atomic mass is 35.5. The SMILES string of the molecule is Cc1ncc(CNC/C=C/Cl)s1. The van der Waals surface area contributed by atoms with Gasteiger partial charge in [0.05, 0.1) is 5.01 Å². The van der Waals surface area contributed by atoms with Gasteiger partial charge in [-0.05, 0) is 6.92 Å². The number of halogens is 1. The number of aromatic nitrogens is 1. The van der Waals surface area contributed by atoms with E-state index in [1.54, 1.807) is 11.3 Å². The maximum Gasteiger partial charge on any atom is 0.0897 e. The lowest BCUT2D eigenvalue weighted by atomic mass is 10.5. The van der Waals surface area contributed by atoms with Gasteiger partial charge in [-0.2, -0.15) is 0 Å². The zero-order valence-electron chi connectivity index (χ0n) is 6.88. The lowest BCUT2D eigenvalue weighted by Gasteiger charge is -1.95. The van der Waals surface area contributed by atoms with Crippen LogP contribution < -0.4 is 5.32 Å². The minimum atomic E-state index is 0.806. The Labute approximate surface area is 81.3 Å². The number of nitrogens with one attached hydrogen (secondary N) is 1. The number of aryl methyl sites for hydroxylation is 1. The van der Waals surface area contributed by atoms with Crippen molar-refractivity contribution in [1.82, 2.24) is 10.3 Å². The van der Waals surface area contributed by atoms with Crippen molar-refractivity contribution in [2.75, 3.05) is 6.54 Å². The van der Waals surface area contributed by atoms with Gasteiger partial charge >= 0.3 is 0 Å². The van der Waals surface area contributed by atoms with Gasteiger partial charge in [-0.25, -0.2) is 4.98 Å². The van der Waals surface area contributed by atoms with Crippen molar-refractivity contribution in [3.05, 3.63) is 27.7 Å². The topological polar surface area (TPSA) is 24.9 Å². The second-order valence-corrected chi connectivity index (χ2v) is 3.91. The van der Waals surface area contributed by atoms with Crippen LogP contribution in [0.25, 0.3) is 0 Å². The van der Waals surface area contributed by atoms with Crippen molar-refractivity contribution in [2.45, 2.75) is 13.5 Å². The number of hydrogen-bond donors (Lipinski definition) is 1. The van der Waals surface area contributed by atoms with Gasteiger partial charge in [-0.1, -0.05) is 17.7 Å². The van der Waals surface area contributed by atoms with Crippen molar-refractivity contribution >= 4 is 22.9 Å². The molecule has 4 heteroatoms. The molecule has 0 aliphatic heterocycles. The highest BCUT2D eigenvalue weighted by Crippen LogP contribution is 2.10. The fourth-order valence-electron chi connectivity index (χ4n) is 0.810. The molecule has 0 aliphatic carbocycles. The smallest absolute Gasteiger partial charge is 0.0897 e. The van der Waals surface area contributed by atoms with Gasteiger partial charge in [0.25, 0.3) is 0 Å². The number of rotatable bonds is 4. The molecule has 2 nitrogen and oxygen atoms in total. The first-order valence-corrected chi connectivity index (χ1v) is 4.95. The van der Waals surface area contributed by atoms with E-state index in [0.29, 0.717) is 0 Å². The van der Waals surface area contributed by atoms with Gasteiger partial charge in [-0.3, -0.25) is 0 Å². The molecule has 1 rings (SSSR count). The van der Waals surface area contributed by atoms with E-state index in [0.717, 1.165) is 18.1 Å². The van der Waals surface area contributed by atoms with Crippen molar-refractivity contribution in [3.63, 3.8) is 0 Å². The average Bonchev–Trinajstić information content (AvgIpc) is 2.45. The van der Waals surface area contributed by atoms with Crippen LogP contribution in [-0.4, -0.2) is 11.5 Å². The van der Waals surface area contributed by atoms with Crippen molar-refractivity contribution in [3.8, 4) is 0 Å². The molecule has 0 aromatic carbocycles. The molecular weight excluding hydrogens is 192 g/mol. The van der Waals surface area contributed by atoms with Crippen LogP contribution in [0.1, 0.15) is 9.88 Å². The fraction of sp³-hybridized carbons (Fsp3) is 0.375. The van der Waals surface area contributed by atoms with Crippen LogP contribution in [0.2, 0.25) is 0 Å². The van der Waals surface area contributed by atoms with E-state index in [9.17, 15) is 0 Å². The molecule has 66 valence electrons. The minimum Gasteiger partial charge on any atom is -0.308 e. The Morgan fingerprint density at radius 3 is 3.17 bits per heavy atom. The molecule has 0 atom stereocenters. The second-order valence-electron chi connectivity index (χ2n) is 2.34. The Hall–Kier alpha value is -0.380. The molecule has 1 N–H and O–H groups in total. The molecule has 12 heavy (non-hydrogen) atoms. The summed E-state index contributed by atoms with van der Waals surface area (Å²) in [6.07, 6.45) is 3.77. The molecule has 0 bridgehead atoms. The van der Waals surface area contributed by atoms with Gasteiger partial charge in [0.15, 0.2) is 0 Å². The average molecular weight is 203 g/mol. The minimum absolute atomic E-state index is 0.806. The highest BCUT2D eigenvalue weighted by molar-refractivity contribution is 7.11. The maximum absolute atomic E-state index is 5.36. The summed E-state index contributed by atoms with van der Waals surface area (Å²) in [5.41, 5.74) is 1.52. The number of hydrogen-bond acceptors (Lipinski definition) is 3. The predicted octanol–water partition coefficient (Wildman–Crippen LogP) is 2.29. The van der Waals surface area contributed by atoms with E-state index >= 15 is 0 Å². The van der Waals surface area contributed by atoms with Gasteiger partial charge in [0.1, 0.15) is 0 Å². The molecule has 0 radical (unpaired) electrons. The lowest BCUT2D eigenvalue weighted by Crippen LogP contribution is -2.11. The molecule has 0 aliphatic rings. The normalized spacial score (nSPS) is 11.2. The Kier molecular flexibility index (Phi) is 4.29. The molecule has 1 heterocycles. The summed E-state index contributed by atoms with van der Waals surface area (Å²) in [5, 5.41) is 4.33. The lowest BCUT2D eigenvalue weighted by molar-refractivity contribution is 0.769. The molecule has 1 aromatic rings. The number of thiazole rings is 1. The van der Waals surface area contributed by atoms with E-state index in [4.69, 9.17) is 11.6 Å². The Morgan fingerprint density at radius 1 is 1.75 bits per heavy atom. The molecule has 0 spiro atoms. The Morgan fingerprint density at radius 2 is 2.58 bits per heavy atom. The third-order valence-electron chi connectivity index (χ3n) is 1.32. The first-order chi connectivity index (χ1) is 5.83. The zero-order chi connectivity index (χ0) is 8.81. The van der Waals surface area contributed by atoms with Crippen LogP contribution in [-0.2, 0) is 6.54 Å². The van der Waals surface area contributed by atoms with Gasteiger partial charge in [0.2, 0.25) is 0 Å². The van der Waals surface area contributed by atoms with Crippen LogP contribution in [0.3, 0.4) is 0 Å². The molecular formula is C8H11ClN2S. The zero-order valence-corrected chi connectivity index (χ0v) is 8.45. The van der Waals surface area contributed by atoms with E-state index in [1.807, 2.05) is 19.2 Å². The summed E-state index contributed by atoms with van der Waals surface area (Å²) < 4.78 is 0. The summed E-state index contributed by atoms with van der Waals surface area (Å²) >= 11 is 7.07. The quantitative estimate of drug-likeness (QED) is 0.758. The fourth-order valence-corrected chi connectivity index (χ4v) is 1.66. The summed E-state index contributed by atoms with van der Waals surface area (Å²) in [5.74, 6) is 0. The van der Waals surface area contributed by atoms with E-state index in [2.05, 4.69) is 10.3 Å². The Bertz CT molecular complexity index is 257. The summed E-state index contributed by atoms with van der Waals surface area (Å²) in [6, 6.07) is 0. The van der Waals surface area contributed by atoms with E-state index < -0.39 is 0 Å². The van der Waals surface area contributed by atoms with Crippen LogP contribution in [0.5, 0.6) is 0 Å². The first kappa shape index (κ1) is 9.71. The molecule has 0 fully saturated rings. The van der Waals surface area contributed by atoms with Crippen molar-refractivity contribution < 1.29 is 0 Å². The Balaban J connectivity index is 2.24. The van der Waals surface area contributed by atoms with Crippen molar-refractivity contribution in [2.24, 2.45) is 0 Å². The van der Waals surface area contributed by atoms with Crippen LogP contribution in [0, 0.1) is 6.92 Å². The maximum atomic E-state index is 5.36. The molecule has 0 saturated carbocycles. The third kappa shape index (κ3) is 3.34. The van der Waals surface area contributed by atoms with E-state index in [-0.39, 0.29) is 0 Å². The highest BCUT2D eigenvalue weighted by Gasteiger charge is 1.95. The summed E-state index contributed by atoms with van der Waals surface area (Å²) in [7, 11) is 0. The van der Waals surface area contributed by atoms with Crippen LogP contribution in [0.15, 0.2) is 17.8 Å². The molecule has 0 unspecified atom stereocenters. The second kappa shape index (κ2) is 5.30. The van der Waals surface area contributed by atoms with Crippen LogP contribution in [0.4, 0.5) is 0 Å². The number of nitrogens with zero attached hydrogens (tertiary/aromatic N) is 1. The monoisotopic (exact) mass is 202 g/mol. The third-order valence-corrected chi connectivity index (χ3v) is 2.41. The van der Waals surface area contributed by atoms with Gasteiger partial charge in [0, 0.05) is 29.7 Å². The summed E-state index contributed by atoms with van der Waals surface area (Å²) in [4.78, 5) is 5.41. The van der Waals surface area contributed by atoms with Gasteiger partial charge in [-0.15, -0.1) is 11.3 Å². The summed E-state index contributed by atoms with van der Waals surface area (Å²) in [6.45, 7) is 3.68. The van der Waals surface area contributed by atoms with Gasteiger partial charge < -0.3 is 5.32 Å². The predicted molar refractivity (Wildman–Crippen MR) is 53.6 cm³/mol. The molecule has 1 aromatic heterocycles.